The van der Waals surface area contributed by atoms with Crippen molar-refractivity contribution in [1.29, 1.82) is 0 Å². The van der Waals surface area contributed by atoms with E-state index in [2.05, 4.69) is 35.7 Å². The molecule has 1 amide bonds. The molecule has 1 N–H and O–H groups in total. The smallest absolute Gasteiger partial charge is 0.234 e. The van der Waals surface area contributed by atoms with E-state index in [-0.39, 0.29) is 5.91 Å². The van der Waals surface area contributed by atoms with Gasteiger partial charge in [-0.15, -0.1) is 6.58 Å². The molecule has 0 spiro atoms. The number of rotatable bonds is 4. The fourth-order valence-electron chi connectivity index (χ4n) is 1.84. The third kappa shape index (κ3) is 4.01. The molecule has 1 fully saturated rings. The summed E-state index contributed by atoms with van der Waals surface area (Å²) in [5.41, 5.74) is 0. The van der Waals surface area contributed by atoms with E-state index in [9.17, 15) is 4.79 Å². The van der Waals surface area contributed by atoms with Crippen molar-refractivity contribution in [3.8, 4) is 0 Å². The van der Waals surface area contributed by atoms with Crippen LogP contribution in [0.5, 0.6) is 0 Å². The van der Waals surface area contributed by atoms with Crippen LogP contribution in [0.4, 0.5) is 0 Å². The van der Waals surface area contributed by atoms with Gasteiger partial charge in [0.1, 0.15) is 0 Å². The molecule has 0 radical (unpaired) electrons. The zero-order valence-corrected chi connectivity index (χ0v) is 9.70. The van der Waals surface area contributed by atoms with Gasteiger partial charge in [0.2, 0.25) is 5.91 Å². The van der Waals surface area contributed by atoms with Gasteiger partial charge in [0, 0.05) is 32.2 Å². The highest BCUT2D eigenvalue weighted by atomic mass is 16.2. The predicted molar refractivity (Wildman–Crippen MR) is 61.7 cm³/mol. The lowest BCUT2D eigenvalue weighted by atomic mass is 10.2. The van der Waals surface area contributed by atoms with Gasteiger partial charge in [0.25, 0.3) is 0 Å². The molecule has 1 heterocycles. The summed E-state index contributed by atoms with van der Waals surface area (Å²) in [6.45, 7) is 9.84. The van der Waals surface area contributed by atoms with E-state index in [0.29, 0.717) is 19.1 Å². The van der Waals surface area contributed by atoms with Gasteiger partial charge >= 0.3 is 0 Å². The number of hydrogen-bond acceptors (Lipinski definition) is 3. The monoisotopic (exact) mass is 211 g/mol. The first-order chi connectivity index (χ1) is 7.13. The van der Waals surface area contributed by atoms with Crippen LogP contribution in [0.15, 0.2) is 12.7 Å². The average Bonchev–Trinajstić information content (AvgIpc) is 2.19. The van der Waals surface area contributed by atoms with Crippen LogP contribution in [0.3, 0.4) is 0 Å². The summed E-state index contributed by atoms with van der Waals surface area (Å²) in [5.74, 6) is 0.0892. The maximum absolute atomic E-state index is 11.5. The Labute approximate surface area is 91.9 Å². The standard InChI is InChI=1S/C11H21N3O/c1-4-5-12-11(15)9-14-7-6-13(3)8-10(14)2/h4,10H,1,5-9H2,2-3H3,(H,12,15)/t10-/m0/s1. The summed E-state index contributed by atoms with van der Waals surface area (Å²) in [7, 11) is 2.12. The topological polar surface area (TPSA) is 35.6 Å². The third-order valence-corrected chi connectivity index (χ3v) is 2.76. The number of carbonyl (C=O) groups is 1. The van der Waals surface area contributed by atoms with E-state index >= 15 is 0 Å². The molecule has 0 aromatic heterocycles. The van der Waals surface area contributed by atoms with Gasteiger partial charge in [-0.1, -0.05) is 6.08 Å². The van der Waals surface area contributed by atoms with Crippen molar-refractivity contribution < 1.29 is 4.79 Å². The van der Waals surface area contributed by atoms with Crippen LogP contribution in [0.2, 0.25) is 0 Å². The zero-order valence-electron chi connectivity index (χ0n) is 9.70. The van der Waals surface area contributed by atoms with Crippen molar-refractivity contribution in [3.63, 3.8) is 0 Å². The molecule has 1 aliphatic heterocycles. The second-order valence-electron chi connectivity index (χ2n) is 4.17. The molecule has 0 saturated carbocycles. The Morgan fingerprint density at radius 3 is 2.93 bits per heavy atom. The fraction of sp³-hybridized carbons (Fsp3) is 0.727. The van der Waals surface area contributed by atoms with E-state index in [1.165, 1.54) is 0 Å². The quantitative estimate of drug-likeness (QED) is 0.661. The largest absolute Gasteiger partial charge is 0.352 e. The fourth-order valence-corrected chi connectivity index (χ4v) is 1.84. The molecule has 0 aromatic carbocycles. The van der Waals surface area contributed by atoms with Crippen molar-refractivity contribution >= 4 is 5.91 Å². The number of nitrogens with zero attached hydrogens (tertiary/aromatic N) is 2. The lowest BCUT2D eigenvalue weighted by Gasteiger charge is -2.37. The van der Waals surface area contributed by atoms with Crippen LogP contribution in [0.1, 0.15) is 6.92 Å². The Bertz CT molecular complexity index is 230. The number of amides is 1. The first-order valence-electron chi connectivity index (χ1n) is 5.43. The predicted octanol–water partition coefficient (Wildman–Crippen LogP) is -0.0755. The summed E-state index contributed by atoms with van der Waals surface area (Å²) >= 11 is 0. The minimum Gasteiger partial charge on any atom is -0.352 e. The Hall–Kier alpha value is -0.870. The highest BCUT2D eigenvalue weighted by Gasteiger charge is 2.22. The summed E-state index contributed by atoms with van der Waals surface area (Å²) in [4.78, 5) is 16.0. The molecule has 0 aromatic rings. The van der Waals surface area contributed by atoms with E-state index in [4.69, 9.17) is 0 Å². The molecule has 1 rings (SSSR count). The second-order valence-corrected chi connectivity index (χ2v) is 4.17. The van der Waals surface area contributed by atoms with Crippen molar-refractivity contribution in [2.75, 3.05) is 39.8 Å². The highest BCUT2D eigenvalue weighted by molar-refractivity contribution is 5.78. The molecule has 0 unspecified atom stereocenters. The summed E-state index contributed by atoms with van der Waals surface area (Å²) in [5, 5.41) is 2.80. The first-order valence-corrected chi connectivity index (χ1v) is 5.43. The van der Waals surface area contributed by atoms with E-state index < -0.39 is 0 Å². The Kier molecular flexibility index (Phi) is 4.78. The van der Waals surface area contributed by atoms with Crippen molar-refractivity contribution in [2.24, 2.45) is 0 Å². The van der Waals surface area contributed by atoms with Crippen LogP contribution in [0.25, 0.3) is 0 Å². The normalized spacial score (nSPS) is 23.7. The van der Waals surface area contributed by atoms with Gasteiger partial charge in [-0.2, -0.15) is 0 Å². The lowest BCUT2D eigenvalue weighted by Crippen LogP contribution is -2.53. The second kappa shape index (κ2) is 5.88. The van der Waals surface area contributed by atoms with Gasteiger partial charge in [-0.3, -0.25) is 9.69 Å². The summed E-state index contributed by atoms with van der Waals surface area (Å²) in [6, 6.07) is 0.457. The van der Waals surface area contributed by atoms with Crippen LogP contribution in [-0.2, 0) is 4.79 Å². The van der Waals surface area contributed by atoms with Crippen molar-refractivity contribution in [2.45, 2.75) is 13.0 Å². The minimum atomic E-state index is 0.0892. The minimum absolute atomic E-state index is 0.0892. The molecule has 4 heteroatoms. The van der Waals surface area contributed by atoms with Gasteiger partial charge in [-0.25, -0.2) is 0 Å². The zero-order chi connectivity index (χ0) is 11.3. The summed E-state index contributed by atoms with van der Waals surface area (Å²) in [6.07, 6.45) is 1.70. The van der Waals surface area contributed by atoms with E-state index in [0.717, 1.165) is 19.6 Å². The van der Waals surface area contributed by atoms with E-state index in [1.54, 1.807) is 6.08 Å². The molecule has 4 nitrogen and oxygen atoms in total. The van der Waals surface area contributed by atoms with Gasteiger partial charge in [0.15, 0.2) is 0 Å². The Morgan fingerprint density at radius 2 is 2.33 bits per heavy atom. The number of hydrogen-bond donors (Lipinski definition) is 1. The molecular weight excluding hydrogens is 190 g/mol. The maximum atomic E-state index is 11.5. The van der Waals surface area contributed by atoms with Crippen LogP contribution in [-0.4, -0.2) is 61.5 Å². The van der Waals surface area contributed by atoms with Gasteiger partial charge in [-0.05, 0) is 14.0 Å². The van der Waals surface area contributed by atoms with Crippen molar-refractivity contribution in [3.05, 3.63) is 12.7 Å². The van der Waals surface area contributed by atoms with Crippen LogP contribution < -0.4 is 5.32 Å². The van der Waals surface area contributed by atoms with Gasteiger partial charge in [0.05, 0.1) is 6.54 Å². The van der Waals surface area contributed by atoms with Crippen LogP contribution in [0, 0.1) is 0 Å². The Morgan fingerprint density at radius 1 is 1.60 bits per heavy atom. The van der Waals surface area contributed by atoms with Gasteiger partial charge < -0.3 is 10.2 Å². The molecule has 0 aliphatic carbocycles. The molecule has 1 atom stereocenters. The highest BCUT2D eigenvalue weighted by Crippen LogP contribution is 2.06. The van der Waals surface area contributed by atoms with E-state index in [1.807, 2.05) is 0 Å². The average molecular weight is 211 g/mol. The molecule has 15 heavy (non-hydrogen) atoms. The molecule has 1 saturated heterocycles. The van der Waals surface area contributed by atoms with Crippen LogP contribution >= 0.6 is 0 Å². The SMILES string of the molecule is C=CCNC(=O)CN1CCN(C)C[C@@H]1C. The number of carbonyl (C=O) groups excluding carboxylic acids is 1. The Balaban J connectivity index is 2.31. The summed E-state index contributed by atoms with van der Waals surface area (Å²) < 4.78 is 0. The molecular formula is C11H21N3O. The third-order valence-electron chi connectivity index (χ3n) is 2.76. The van der Waals surface area contributed by atoms with Crippen molar-refractivity contribution in [1.82, 2.24) is 15.1 Å². The maximum Gasteiger partial charge on any atom is 0.234 e. The number of nitrogens with one attached hydrogen (secondary N) is 1. The lowest BCUT2D eigenvalue weighted by molar-refractivity contribution is -0.123. The molecule has 86 valence electrons. The number of likely N-dealkylation sites (N-methyl/N-ethyl adjacent to an activating group) is 1. The molecule has 0 bridgehead atoms. The molecule has 1 aliphatic rings. The number of piperazine rings is 1. The first kappa shape index (κ1) is 12.2.